The van der Waals surface area contributed by atoms with Crippen LogP contribution in [0.4, 0.5) is 24.5 Å². The smallest absolute Gasteiger partial charge is 0.399 e. The van der Waals surface area contributed by atoms with Crippen molar-refractivity contribution in [1.82, 2.24) is 10.1 Å². The van der Waals surface area contributed by atoms with Crippen molar-refractivity contribution in [3.63, 3.8) is 0 Å². The van der Waals surface area contributed by atoms with Gasteiger partial charge >= 0.3 is 6.18 Å². The van der Waals surface area contributed by atoms with Crippen molar-refractivity contribution in [2.24, 2.45) is 0 Å². The number of nitrogen functional groups attached to an aromatic ring is 1. The van der Waals surface area contributed by atoms with E-state index in [-0.39, 0.29) is 17.9 Å². The second-order valence-corrected chi connectivity index (χ2v) is 4.21. The van der Waals surface area contributed by atoms with Crippen molar-refractivity contribution in [3.05, 3.63) is 35.5 Å². The van der Waals surface area contributed by atoms with Crippen LogP contribution in [-0.4, -0.2) is 16.7 Å². The van der Waals surface area contributed by atoms with Crippen molar-refractivity contribution in [2.75, 3.05) is 17.6 Å². The lowest BCUT2D eigenvalue weighted by Crippen LogP contribution is -2.13. The molecule has 0 saturated heterocycles. The van der Waals surface area contributed by atoms with Gasteiger partial charge in [-0.25, -0.2) is 0 Å². The molecular weight excluding hydrogens is 273 g/mol. The van der Waals surface area contributed by atoms with Crippen LogP contribution in [-0.2, 0) is 12.6 Å². The number of benzene rings is 1. The van der Waals surface area contributed by atoms with Gasteiger partial charge in [0.05, 0.1) is 5.56 Å². The molecule has 0 aliphatic rings. The molecule has 2 rings (SSSR count). The molecule has 108 valence electrons. The van der Waals surface area contributed by atoms with Crippen LogP contribution >= 0.6 is 0 Å². The first-order chi connectivity index (χ1) is 9.36. The number of alkyl halides is 3. The van der Waals surface area contributed by atoms with Gasteiger partial charge in [-0.15, -0.1) is 0 Å². The minimum atomic E-state index is -4.46. The summed E-state index contributed by atoms with van der Waals surface area (Å²) in [4.78, 5) is 3.97. The average molecular weight is 286 g/mol. The normalized spacial score (nSPS) is 11.6. The molecule has 0 aliphatic heterocycles. The Morgan fingerprint density at radius 3 is 2.70 bits per heavy atom. The first-order valence-electron chi connectivity index (χ1n) is 5.86. The highest BCUT2D eigenvalue weighted by Crippen LogP contribution is 2.35. The molecule has 0 saturated carbocycles. The lowest BCUT2D eigenvalue weighted by molar-refractivity contribution is -0.136. The summed E-state index contributed by atoms with van der Waals surface area (Å²) in [5.74, 6) is 0.863. The lowest BCUT2D eigenvalue weighted by atomic mass is 10.1. The average Bonchev–Trinajstić information content (AvgIpc) is 2.76. The summed E-state index contributed by atoms with van der Waals surface area (Å²) >= 11 is 0. The number of nitrogens with zero attached hydrogens (tertiary/aromatic N) is 2. The van der Waals surface area contributed by atoms with Crippen LogP contribution in [0, 0.1) is 6.92 Å². The number of anilines is 2. The maximum Gasteiger partial charge on any atom is 0.418 e. The van der Waals surface area contributed by atoms with Gasteiger partial charge in [-0.3, -0.25) is 0 Å². The predicted molar refractivity (Wildman–Crippen MR) is 67.1 cm³/mol. The topological polar surface area (TPSA) is 77.0 Å². The van der Waals surface area contributed by atoms with Crippen molar-refractivity contribution >= 4 is 11.4 Å². The zero-order valence-corrected chi connectivity index (χ0v) is 10.7. The Balaban J connectivity index is 2.06. The molecule has 0 radical (unpaired) electrons. The van der Waals surface area contributed by atoms with E-state index in [0.717, 1.165) is 6.07 Å². The minimum absolute atomic E-state index is 0.0251. The molecule has 0 spiro atoms. The van der Waals surface area contributed by atoms with Gasteiger partial charge in [0.25, 0.3) is 0 Å². The van der Waals surface area contributed by atoms with E-state index in [1.54, 1.807) is 6.92 Å². The number of halogens is 3. The van der Waals surface area contributed by atoms with Gasteiger partial charge in [0.2, 0.25) is 5.89 Å². The Bertz CT molecular complexity index is 595. The van der Waals surface area contributed by atoms with Crippen LogP contribution in [0.1, 0.15) is 17.3 Å². The quantitative estimate of drug-likeness (QED) is 0.845. The monoisotopic (exact) mass is 286 g/mol. The maximum atomic E-state index is 12.8. The third-order valence-electron chi connectivity index (χ3n) is 2.57. The molecule has 0 aliphatic carbocycles. The van der Waals surface area contributed by atoms with Gasteiger partial charge in [0.15, 0.2) is 5.82 Å². The van der Waals surface area contributed by atoms with Crippen LogP contribution < -0.4 is 11.1 Å². The van der Waals surface area contributed by atoms with E-state index in [0.29, 0.717) is 18.1 Å². The molecule has 8 heteroatoms. The van der Waals surface area contributed by atoms with E-state index in [1.165, 1.54) is 12.1 Å². The largest absolute Gasteiger partial charge is 0.418 e. The molecule has 0 amide bonds. The number of nitrogens with one attached hydrogen (secondary N) is 1. The maximum absolute atomic E-state index is 12.8. The summed E-state index contributed by atoms with van der Waals surface area (Å²) in [5, 5.41) is 6.30. The molecule has 3 N–H and O–H groups in total. The van der Waals surface area contributed by atoms with Crippen molar-refractivity contribution < 1.29 is 17.7 Å². The third kappa shape index (κ3) is 3.40. The summed E-state index contributed by atoms with van der Waals surface area (Å²) in [6, 6.07) is 3.62. The van der Waals surface area contributed by atoms with Crippen LogP contribution in [0.5, 0.6) is 0 Å². The molecule has 0 unspecified atom stereocenters. The molecular formula is C12H13F3N4O. The zero-order valence-electron chi connectivity index (χ0n) is 10.7. The number of nitrogens with two attached hydrogens (primary N) is 1. The van der Waals surface area contributed by atoms with Crippen molar-refractivity contribution in [2.45, 2.75) is 19.5 Å². The number of aryl methyl sites for hydroxylation is 1. The van der Waals surface area contributed by atoms with E-state index in [2.05, 4.69) is 15.5 Å². The van der Waals surface area contributed by atoms with Gasteiger partial charge in [-0.2, -0.15) is 18.2 Å². The molecule has 5 nitrogen and oxygen atoms in total. The number of hydrogen-bond donors (Lipinski definition) is 2. The van der Waals surface area contributed by atoms with Gasteiger partial charge in [-0.1, -0.05) is 5.16 Å². The van der Waals surface area contributed by atoms with Gasteiger partial charge < -0.3 is 15.6 Å². The van der Waals surface area contributed by atoms with Crippen LogP contribution in [0.2, 0.25) is 0 Å². The fraction of sp³-hybridized carbons (Fsp3) is 0.333. The molecule has 1 aromatic heterocycles. The van der Waals surface area contributed by atoms with E-state index in [1.807, 2.05) is 0 Å². The molecule has 0 bridgehead atoms. The Labute approximate surface area is 113 Å². The molecule has 20 heavy (non-hydrogen) atoms. The summed E-state index contributed by atoms with van der Waals surface area (Å²) < 4.78 is 43.4. The molecule has 0 fully saturated rings. The Hall–Kier alpha value is -2.25. The standard InChI is InChI=1S/C12H13F3N4O/c1-7-18-11(20-19-7)4-5-17-10-3-2-8(16)6-9(10)12(13,14)15/h2-3,6,17H,4-5,16H2,1H3. The number of aromatic nitrogens is 2. The molecule has 1 aromatic carbocycles. The first kappa shape index (κ1) is 14.2. The van der Waals surface area contributed by atoms with E-state index in [9.17, 15) is 13.2 Å². The number of rotatable bonds is 4. The fourth-order valence-electron chi connectivity index (χ4n) is 1.70. The third-order valence-corrected chi connectivity index (χ3v) is 2.57. The molecule has 1 heterocycles. The van der Waals surface area contributed by atoms with Gasteiger partial charge in [0.1, 0.15) is 0 Å². The second kappa shape index (κ2) is 5.40. The van der Waals surface area contributed by atoms with Crippen LogP contribution in [0.15, 0.2) is 22.7 Å². The Morgan fingerprint density at radius 1 is 1.35 bits per heavy atom. The van der Waals surface area contributed by atoms with Crippen molar-refractivity contribution in [1.29, 1.82) is 0 Å². The minimum Gasteiger partial charge on any atom is -0.399 e. The highest BCUT2D eigenvalue weighted by Gasteiger charge is 2.33. The first-order valence-corrected chi connectivity index (χ1v) is 5.86. The Kier molecular flexibility index (Phi) is 3.82. The molecule has 0 atom stereocenters. The highest BCUT2D eigenvalue weighted by atomic mass is 19.4. The van der Waals surface area contributed by atoms with Gasteiger partial charge in [-0.05, 0) is 25.1 Å². The predicted octanol–water partition coefficient (Wildman–Crippen LogP) is 2.63. The number of hydrogen-bond acceptors (Lipinski definition) is 5. The van der Waals surface area contributed by atoms with E-state index in [4.69, 9.17) is 10.3 Å². The van der Waals surface area contributed by atoms with Crippen LogP contribution in [0.25, 0.3) is 0 Å². The SMILES string of the molecule is Cc1noc(CCNc2ccc(N)cc2C(F)(F)F)n1. The lowest BCUT2D eigenvalue weighted by Gasteiger charge is -2.14. The van der Waals surface area contributed by atoms with E-state index >= 15 is 0 Å². The van der Waals surface area contributed by atoms with Crippen LogP contribution in [0.3, 0.4) is 0 Å². The second-order valence-electron chi connectivity index (χ2n) is 4.21. The highest BCUT2D eigenvalue weighted by molar-refractivity contribution is 5.59. The fourth-order valence-corrected chi connectivity index (χ4v) is 1.70. The summed E-state index contributed by atoms with van der Waals surface area (Å²) in [7, 11) is 0. The van der Waals surface area contributed by atoms with Crippen molar-refractivity contribution in [3.8, 4) is 0 Å². The van der Waals surface area contributed by atoms with E-state index < -0.39 is 11.7 Å². The Morgan fingerprint density at radius 2 is 2.10 bits per heavy atom. The zero-order chi connectivity index (χ0) is 14.8. The molecule has 2 aromatic rings. The summed E-state index contributed by atoms with van der Waals surface area (Å²) in [6.07, 6.45) is -4.12. The van der Waals surface area contributed by atoms with Gasteiger partial charge in [0, 0.05) is 24.3 Å². The summed E-state index contributed by atoms with van der Waals surface area (Å²) in [6.45, 7) is 1.91. The summed E-state index contributed by atoms with van der Waals surface area (Å²) in [5.41, 5.74) is 4.63.